The summed E-state index contributed by atoms with van der Waals surface area (Å²) in [6.45, 7) is 2.02. The van der Waals surface area contributed by atoms with Gasteiger partial charge in [-0.05, 0) is 30.2 Å². The molecule has 0 heterocycles. The first-order valence-electron chi connectivity index (χ1n) is 4.15. The summed E-state index contributed by atoms with van der Waals surface area (Å²) >= 11 is 5.54. The third kappa shape index (κ3) is 2.78. The molecule has 0 spiro atoms. The Hall–Kier alpha value is -0.950. The van der Waals surface area contributed by atoms with Crippen molar-refractivity contribution in [3.05, 3.63) is 35.4 Å². The molecule has 1 nitrogen and oxygen atoms in total. The SMILES string of the molecule is COc1ccc(C=CCCl)cc1C. The Morgan fingerprint density at radius 1 is 1.46 bits per heavy atom. The van der Waals surface area contributed by atoms with Gasteiger partial charge in [0.05, 0.1) is 7.11 Å². The van der Waals surface area contributed by atoms with Crippen LogP contribution in [0, 0.1) is 6.92 Å². The third-order valence-electron chi connectivity index (χ3n) is 1.82. The van der Waals surface area contributed by atoms with Crippen LogP contribution < -0.4 is 4.74 Å². The van der Waals surface area contributed by atoms with Gasteiger partial charge in [-0.3, -0.25) is 0 Å². The van der Waals surface area contributed by atoms with E-state index < -0.39 is 0 Å². The summed E-state index contributed by atoms with van der Waals surface area (Å²) in [7, 11) is 1.68. The fourth-order valence-corrected chi connectivity index (χ4v) is 1.28. The molecule has 0 aliphatic carbocycles. The number of aryl methyl sites for hydroxylation is 1. The summed E-state index contributed by atoms with van der Waals surface area (Å²) < 4.78 is 5.15. The number of halogens is 1. The molecular weight excluding hydrogens is 184 g/mol. The standard InChI is InChI=1S/C11H13ClO/c1-9-8-10(4-3-7-12)5-6-11(9)13-2/h3-6,8H,7H2,1-2H3. The van der Waals surface area contributed by atoms with Crippen LogP contribution in [-0.4, -0.2) is 13.0 Å². The maximum atomic E-state index is 5.54. The molecule has 0 fully saturated rings. The van der Waals surface area contributed by atoms with Crippen molar-refractivity contribution in [1.82, 2.24) is 0 Å². The van der Waals surface area contributed by atoms with Crippen LogP contribution >= 0.6 is 11.6 Å². The van der Waals surface area contributed by atoms with Crippen LogP contribution in [0.25, 0.3) is 6.08 Å². The van der Waals surface area contributed by atoms with E-state index in [2.05, 4.69) is 6.07 Å². The maximum absolute atomic E-state index is 5.54. The van der Waals surface area contributed by atoms with Crippen LogP contribution in [0.5, 0.6) is 5.75 Å². The van der Waals surface area contributed by atoms with Crippen LogP contribution in [0.2, 0.25) is 0 Å². The van der Waals surface area contributed by atoms with Crippen LogP contribution in [0.1, 0.15) is 11.1 Å². The highest BCUT2D eigenvalue weighted by molar-refractivity contribution is 6.19. The van der Waals surface area contributed by atoms with E-state index in [4.69, 9.17) is 16.3 Å². The van der Waals surface area contributed by atoms with E-state index in [-0.39, 0.29) is 0 Å². The first-order chi connectivity index (χ1) is 6.27. The van der Waals surface area contributed by atoms with Crippen molar-refractivity contribution in [2.45, 2.75) is 6.92 Å². The predicted molar refractivity (Wildman–Crippen MR) is 57.5 cm³/mol. The summed E-state index contributed by atoms with van der Waals surface area (Å²) in [5.74, 6) is 1.47. The van der Waals surface area contributed by atoms with Crippen molar-refractivity contribution in [2.75, 3.05) is 13.0 Å². The van der Waals surface area contributed by atoms with E-state index in [1.165, 1.54) is 0 Å². The molecular formula is C11H13ClO. The lowest BCUT2D eigenvalue weighted by Crippen LogP contribution is -1.86. The van der Waals surface area contributed by atoms with Gasteiger partial charge in [-0.2, -0.15) is 0 Å². The lowest BCUT2D eigenvalue weighted by molar-refractivity contribution is 0.411. The van der Waals surface area contributed by atoms with Gasteiger partial charge in [0.15, 0.2) is 0 Å². The molecule has 1 rings (SSSR count). The summed E-state index contributed by atoms with van der Waals surface area (Å²) in [4.78, 5) is 0. The highest BCUT2D eigenvalue weighted by atomic mass is 35.5. The average molecular weight is 197 g/mol. The number of benzene rings is 1. The molecule has 2 heteroatoms. The Morgan fingerprint density at radius 2 is 2.23 bits per heavy atom. The highest BCUT2D eigenvalue weighted by Gasteiger charge is 1.96. The lowest BCUT2D eigenvalue weighted by Gasteiger charge is -2.04. The van der Waals surface area contributed by atoms with Crippen LogP contribution in [-0.2, 0) is 0 Å². The summed E-state index contributed by atoms with van der Waals surface area (Å²) in [5.41, 5.74) is 2.29. The Morgan fingerprint density at radius 3 is 2.77 bits per heavy atom. The van der Waals surface area contributed by atoms with Gasteiger partial charge in [0.2, 0.25) is 0 Å². The monoisotopic (exact) mass is 196 g/mol. The molecule has 0 atom stereocenters. The van der Waals surface area contributed by atoms with Crippen molar-refractivity contribution in [2.24, 2.45) is 0 Å². The zero-order valence-corrected chi connectivity index (χ0v) is 8.64. The number of hydrogen-bond acceptors (Lipinski definition) is 1. The predicted octanol–water partition coefficient (Wildman–Crippen LogP) is 3.26. The van der Waals surface area contributed by atoms with E-state index in [1.54, 1.807) is 7.11 Å². The first-order valence-corrected chi connectivity index (χ1v) is 4.68. The van der Waals surface area contributed by atoms with Crippen LogP contribution in [0.15, 0.2) is 24.3 Å². The van der Waals surface area contributed by atoms with Gasteiger partial charge in [-0.1, -0.05) is 18.2 Å². The largest absolute Gasteiger partial charge is 0.496 e. The minimum absolute atomic E-state index is 0.547. The lowest BCUT2D eigenvalue weighted by atomic mass is 10.1. The van der Waals surface area contributed by atoms with E-state index in [9.17, 15) is 0 Å². The number of alkyl halides is 1. The fraction of sp³-hybridized carbons (Fsp3) is 0.273. The maximum Gasteiger partial charge on any atom is 0.121 e. The Kier molecular flexibility index (Phi) is 3.84. The van der Waals surface area contributed by atoms with Crippen LogP contribution in [0.4, 0.5) is 0 Å². The van der Waals surface area contributed by atoms with Gasteiger partial charge >= 0.3 is 0 Å². The minimum atomic E-state index is 0.547. The van der Waals surface area contributed by atoms with Gasteiger partial charge in [0, 0.05) is 5.88 Å². The smallest absolute Gasteiger partial charge is 0.121 e. The summed E-state index contributed by atoms with van der Waals surface area (Å²) in [6, 6.07) is 6.04. The van der Waals surface area contributed by atoms with Crippen molar-refractivity contribution in [3.8, 4) is 5.75 Å². The van der Waals surface area contributed by atoms with Gasteiger partial charge in [-0.25, -0.2) is 0 Å². The Balaban J connectivity index is 2.89. The molecule has 1 aromatic carbocycles. The summed E-state index contributed by atoms with van der Waals surface area (Å²) in [6.07, 6.45) is 3.92. The molecule has 0 unspecified atom stereocenters. The molecule has 70 valence electrons. The number of rotatable bonds is 3. The zero-order chi connectivity index (χ0) is 9.68. The molecule has 0 aromatic heterocycles. The van der Waals surface area contributed by atoms with Crippen LogP contribution in [0.3, 0.4) is 0 Å². The van der Waals surface area contributed by atoms with Crippen molar-refractivity contribution in [1.29, 1.82) is 0 Å². The van der Waals surface area contributed by atoms with Crippen molar-refractivity contribution >= 4 is 17.7 Å². The summed E-state index contributed by atoms with van der Waals surface area (Å²) in [5, 5.41) is 0. The molecule has 0 N–H and O–H groups in total. The van der Waals surface area contributed by atoms with E-state index in [1.807, 2.05) is 31.2 Å². The molecule has 0 aliphatic heterocycles. The normalized spacial score (nSPS) is 10.7. The van der Waals surface area contributed by atoms with Crippen molar-refractivity contribution < 1.29 is 4.74 Å². The minimum Gasteiger partial charge on any atom is -0.496 e. The van der Waals surface area contributed by atoms with Gasteiger partial charge in [0.1, 0.15) is 5.75 Å². The number of ether oxygens (including phenoxy) is 1. The van der Waals surface area contributed by atoms with E-state index >= 15 is 0 Å². The highest BCUT2D eigenvalue weighted by Crippen LogP contribution is 2.18. The number of methoxy groups -OCH3 is 1. The van der Waals surface area contributed by atoms with Crippen molar-refractivity contribution in [3.63, 3.8) is 0 Å². The zero-order valence-electron chi connectivity index (χ0n) is 7.88. The number of hydrogen-bond donors (Lipinski definition) is 0. The molecule has 0 aliphatic rings. The topological polar surface area (TPSA) is 9.23 Å². The second-order valence-corrected chi connectivity index (χ2v) is 3.09. The molecule has 1 aromatic rings. The molecule has 0 saturated carbocycles. The number of allylic oxidation sites excluding steroid dienone is 1. The third-order valence-corrected chi connectivity index (χ3v) is 2.00. The molecule has 0 amide bonds. The molecule has 0 saturated heterocycles. The second-order valence-electron chi connectivity index (χ2n) is 2.79. The Bertz CT molecular complexity index is 305. The van der Waals surface area contributed by atoms with E-state index in [0.29, 0.717) is 5.88 Å². The van der Waals surface area contributed by atoms with Gasteiger partial charge in [-0.15, -0.1) is 11.6 Å². The van der Waals surface area contributed by atoms with E-state index in [0.717, 1.165) is 16.9 Å². The molecule has 0 radical (unpaired) electrons. The Labute approximate surface area is 84.0 Å². The first kappa shape index (κ1) is 10.1. The van der Waals surface area contributed by atoms with Gasteiger partial charge < -0.3 is 4.74 Å². The molecule has 0 bridgehead atoms. The van der Waals surface area contributed by atoms with Gasteiger partial charge in [0.25, 0.3) is 0 Å². The quantitative estimate of drug-likeness (QED) is 0.675. The average Bonchev–Trinajstić information content (AvgIpc) is 2.15. The fourth-order valence-electron chi connectivity index (χ4n) is 1.19. The second kappa shape index (κ2) is 4.93. The molecule has 13 heavy (non-hydrogen) atoms.